The van der Waals surface area contributed by atoms with Crippen molar-refractivity contribution in [1.29, 1.82) is 0 Å². The van der Waals surface area contributed by atoms with E-state index in [2.05, 4.69) is 4.74 Å². The first-order chi connectivity index (χ1) is 11.5. The van der Waals surface area contributed by atoms with Gasteiger partial charge in [-0.1, -0.05) is 6.07 Å². The Balaban J connectivity index is 3.22. The second-order valence-corrected chi connectivity index (χ2v) is 6.12. The first-order valence-corrected chi connectivity index (χ1v) is 7.27. The van der Waals surface area contributed by atoms with E-state index in [9.17, 15) is 23.5 Å². The standard InChI is InChI=1S/C16H21F2NO6/c1-16(2,3)25-15(22)19(4)12(13(20)21)9-6-7-10(23-5)11(8-9)24-14(17)18/h6-8,12,14H,1-5H3,(H,20,21). The summed E-state index contributed by atoms with van der Waals surface area (Å²) in [6.07, 6.45) is -0.868. The van der Waals surface area contributed by atoms with Crippen LogP contribution in [0.2, 0.25) is 0 Å². The van der Waals surface area contributed by atoms with Gasteiger partial charge in [-0.05, 0) is 38.5 Å². The predicted octanol–water partition coefficient (Wildman–Crippen LogP) is 3.29. The van der Waals surface area contributed by atoms with Gasteiger partial charge in [0, 0.05) is 7.05 Å². The fourth-order valence-electron chi connectivity index (χ4n) is 2.02. The molecule has 1 rings (SSSR count). The SMILES string of the molecule is COc1ccc(C(C(=O)O)N(C)C(=O)OC(C)(C)C)cc1OC(F)F. The zero-order chi connectivity index (χ0) is 19.4. The van der Waals surface area contributed by atoms with Crippen LogP contribution in [0.3, 0.4) is 0 Å². The predicted molar refractivity (Wildman–Crippen MR) is 84.0 cm³/mol. The van der Waals surface area contributed by atoms with Crippen molar-refractivity contribution in [2.45, 2.75) is 39.0 Å². The van der Waals surface area contributed by atoms with E-state index in [0.29, 0.717) is 0 Å². The van der Waals surface area contributed by atoms with Gasteiger partial charge in [0.2, 0.25) is 0 Å². The number of methoxy groups -OCH3 is 1. The molecule has 0 saturated heterocycles. The lowest BCUT2D eigenvalue weighted by molar-refractivity contribution is -0.142. The van der Waals surface area contributed by atoms with Crippen molar-refractivity contribution in [3.63, 3.8) is 0 Å². The minimum Gasteiger partial charge on any atom is -0.493 e. The van der Waals surface area contributed by atoms with Crippen LogP contribution in [0.5, 0.6) is 11.5 Å². The molecule has 1 aromatic rings. The van der Waals surface area contributed by atoms with Crippen molar-refractivity contribution in [3.8, 4) is 11.5 Å². The monoisotopic (exact) mass is 361 g/mol. The molecule has 0 radical (unpaired) electrons. The number of carbonyl (C=O) groups excluding carboxylic acids is 1. The van der Waals surface area contributed by atoms with E-state index in [1.54, 1.807) is 20.8 Å². The van der Waals surface area contributed by atoms with E-state index in [1.807, 2.05) is 0 Å². The average molecular weight is 361 g/mol. The van der Waals surface area contributed by atoms with Gasteiger partial charge in [-0.25, -0.2) is 9.59 Å². The van der Waals surface area contributed by atoms with Crippen LogP contribution < -0.4 is 9.47 Å². The highest BCUT2D eigenvalue weighted by atomic mass is 19.3. The number of hydrogen-bond donors (Lipinski definition) is 1. The molecular formula is C16H21F2NO6. The minimum atomic E-state index is -3.11. The number of hydrogen-bond acceptors (Lipinski definition) is 5. The zero-order valence-electron chi connectivity index (χ0n) is 14.6. The van der Waals surface area contributed by atoms with Gasteiger partial charge in [0.1, 0.15) is 5.60 Å². The van der Waals surface area contributed by atoms with E-state index < -0.39 is 30.3 Å². The minimum absolute atomic E-state index is 0.00751. The van der Waals surface area contributed by atoms with Gasteiger partial charge in [-0.3, -0.25) is 4.90 Å². The highest BCUT2D eigenvalue weighted by molar-refractivity contribution is 5.81. The Bertz CT molecular complexity index is 630. The van der Waals surface area contributed by atoms with Crippen LogP contribution in [0.1, 0.15) is 32.4 Å². The van der Waals surface area contributed by atoms with Gasteiger partial charge in [-0.15, -0.1) is 0 Å². The molecule has 0 aliphatic rings. The molecule has 7 nitrogen and oxygen atoms in total. The number of benzene rings is 1. The molecule has 140 valence electrons. The largest absolute Gasteiger partial charge is 0.493 e. The number of carboxylic acids is 1. The van der Waals surface area contributed by atoms with Crippen molar-refractivity contribution >= 4 is 12.1 Å². The Labute approximate surface area is 144 Å². The quantitative estimate of drug-likeness (QED) is 0.837. The van der Waals surface area contributed by atoms with Gasteiger partial charge in [0.15, 0.2) is 17.5 Å². The second-order valence-electron chi connectivity index (χ2n) is 6.12. The number of carboxylic acid groups (broad SMARTS) is 1. The van der Waals surface area contributed by atoms with Crippen LogP contribution in [-0.2, 0) is 9.53 Å². The molecule has 0 aliphatic carbocycles. The molecule has 1 aromatic carbocycles. The number of ether oxygens (including phenoxy) is 3. The summed E-state index contributed by atoms with van der Waals surface area (Å²) in [5, 5.41) is 9.47. The number of aliphatic carboxylic acids is 1. The van der Waals surface area contributed by atoms with Crippen LogP contribution in [0.25, 0.3) is 0 Å². The number of halogens is 2. The molecule has 1 unspecified atom stereocenters. The number of amides is 1. The summed E-state index contributed by atoms with van der Waals surface area (Å²) in [4.78, 5) is 24.6. The maximum atomic E-state index is 12.5. The lowest BCUT2D eigenvalue weighted by Crippen LogP contribution is -2.39. The van der Waals surface area contributed by atoms with Gasteiger partial charge < -0.3 is 19.3 Å². The maximum Gasteiger partial charge on any atom is 0.411 e. The third-order valence-electron chi connectivity index (χ3n) is 3.02. The van der Waals surface area contributed by atoms with Crippen molar-refractivity contribution in [2.75, 3.05) is 14.2 Å². The number of likely N-dealkylation sites (N-methyl/N-ethyl adjacent to an activating group) is 1. The van der Waals surface area contributed by atoms with E-state index in [1.165, 1.54) is 26.3 Å². The summed E-state index contributed by atoms with van der Waals surface area (Å²) in [5.41, 5.74) is -0.768. The van der Waals surface area contributed by atoms with E-state index in [4.69, 9.17) is 9.47 Å². The first-order valence-electron chi connectivity index (χ1n) is 7.27. The van der Waals surface area contributed by atoms with Gasteiger partial charge in [0.05, 0.1) is 7.11 Å². The third-order valence-corrected chi connectivity index (χ3v) is 3.02. The molecule has 1 atom stereocenters. The molecule has 0 aliphatic heterocycles. The highest BCUT2D eigenvalue weighted by Gasteiger charge is 2.32. The molecule has 0 heterocycles. The van der Waals surface area contributed by atoms with Crippen molar-refractivity contribution in [3.05, 3.63) is 23.8 Å². The lowest BCUT2D eigenvalue weighted by Gasteiger charge is -2.29. The Morgan fingerprint density at radius 3 is 2.24 bits per heavy atom. The Morgan fingerprint density at radius 2 is 1.80 bits per heavy atom. The average Bonchev–Trinajstić information content (AvgIpc) is 2.44. The number of carbonyl (C=O) groups is 2. The Kier molecular flexibility index (Phi) is 6.55. The Morgan fingerprint density at radius 1 is 1.20 bits per heavy atom. The third kappa shape index (κ3) is 5.77. The van der Waals surface area contributed by atoms with Gasteiger partial charge >= 0.3 is 18.7 Å². The van der Waals surface area contributed by atoms with Crippen LogP contribution in [0.4, 0.5) is 13.6 Å². The summed E-state index contributed by atoms with van der Waals surface area (Å²) in [6, 6.07) is 2.26. The second kappa shape index (κ2) is 8.00. The normalized spacial score (nSPS) is 12.5. The molecule has 1 N–H and O–H groups in total. The van der Waals surface area contributed by atoms with Crippen LogP contribution >= 0.6 is 0 Å². The van der Waals surface area contributed by atoms with Gasteiger partial charge in [-0.2, -0.15) is 8.78 Å². The number of rotatable bonds is 6. The number of alkyl halides is 2. The van der Waals surface area contributed by atoms with Crippen molar-refractivity contribution in [1.82, 2.24) is 4.90 Å². The number of nitrogens with zero attached hydrogens (tertiary/aromatic N) is 1. The summed E-state index contributed by atoms with van der Waals surface area (Å²) in [7, 11) is 2.50. The van der Waals surface area contributed by atoms with E-state index in [0.717, 1.165) is 11.0 Å². The molecule has 0 saturated carbocycles. The molecule has 0 aromatic heterocycles. The van der Waals surface area contributed by atoms with Crippen LogP contribution in [-0.4, -0.2) is 48.4 Å². The maximum absolute atomic E-state index is 12.5. The van der Waals surface area contributed by atoms with E-state index >= 15 is 0 Å². The van der Waals surface area contributed by atoms with Crippen LogP contribution in [0.15, 0.2) is 18.2 Å². The molecule has 0 fully saturated rings. The molecule has 0 bridgehead atoms. The molecule has 9 heteroatoms. The summed E-state index contributed by atoms with van der Waals surface area (Å²) >= 11 is 0. The summed E-state index contributed by atoms with van der Waals surface area (Å²) in [6.45, 7) is 1.79. The topological polar surface area (TPSA) is 85.3 Å². The zero-order valence-corrected chi connectivity index (χ0v) is 14.6. The lowest BCUT2D eigenvalue weighted by atomic mass is 10.1. The molecular weight excluding hydrogens is 340 g/mol. The smallest absolute Gasteiger partial charge is 0.411 e. The van der Waals surface area contributed by atoms with Crippen molar-refractivity contribution in [2.24, 2.45) is 0 Å². The van der Waals surface area contributed by atoms with Crippen LogP contribution in [0, 0.1) is 0 Å². The fraction of sp³-hybridized carbons (Fsp3) is 0.500. The molecule has 25 heavy (non-hydrogen) atoms. The highest BCUT2D eigenvalue weighted by Crippen LogP contribution is 2.33. The fourth-order valence-corrected chi connectivity index (χ4v) is 2.02. The van der Waals surface area contributed by atoms with E-state index in [-0.39, 0.29) is 17.1 Å². The van der Waals surface area contributed by atoms with Crippen molar-refractivity contribution < 1.29 is 37.7 Å². The first kappa shape index (κ1) is 20.5. The molecule has 0 spiro atoms. The molecule has 1 amide bonds. The summed E-state index contributed by atoms with van der Waals surface area (Å²) < 4.78 is 39.4. The summed E-state index contributed by atoms with van der Waals surface area (Å²) in [5.74, 6) is -1.69. The Hall–Kier alpha value is -2.58. The van der Waals surface area contributed by atoms with Gasteiger partial charge in [0.25, 0.3) is 0 Å².